The van der Waals surface area contributed by atoms with Gasteiger partial charge in [-0.1, -0.05) is 30.3 Å². The highest BCUT2D eigenvalue weighted by Gasteiger charge is 2.06. The van der Waals surface area contributed by atoms with Crippen molar-refractivity contribution in [1.82, 2.24) is 10.3 Å². The van der Waals surface area contributed by atoms with Crippen LogP contribution in [0.5, 0.6) is 5.75 Å². The number of aryl methyl sites for hydroxylation is 1. The van der Waals surface area contributed by atoms with Gasteiger partial charge >= 0.3 is 0 Å². The second-order valence-electron chi connectivity index (χ2n) is 4.93. The SMILES string of the molecule is COc1ccc(CNCc2csc(C)n2)c2ccccc12. The standard InChI is InChI=1S/C17H18N2OS/c1-12-19-14(11-21-12)10-18-9-13-7-8-17(20-2)16-6-4-3-5-15(13)16/h3-8,11,18H,9-10H2,1-2H3. The number of ether oxygens (including phenoxy) is 1. The van der Waals surface area contributed by atoms with E-state index in [1.807, 2.05) is 19.1 Å². The molecule has 1 heterocycles. The lowest BCUT2D eigenvalue weighted by Gasteiger charge is -2.11. The molecule has 0 unspecified atom stereocenters. The van der Waals surface area contributed by atoms with Crippen LogP contribution in [0.3, 0.4) is 0 Å². The fourth-order valence-electron chi connectivity index (χ4n) is 2.48. The first kappa shape index (κ1) is 14.0. The molecule has 0 aliphatic carbocycles. The lowest BCUT2D eigenvalue weighted by atomic mass is 10.0. The number of aromatic nitrogens is 1. The smallest absolute Gasteiger partial charge is 0.126 e. The van der Waals surface area contributed by atoms with E-state index in [9.17, 15) is 0 Å². The van der Waals surface area contributed by atoms with Crippen LogP contribution < -0.4 is 10.1 Å². The minimum absolute atomic E-state index is 0.796. The van der Waals surface area contributed by atoms with E-state index in [2.05, 4.69) is 39.9 Å². The zero-order valence-corrected chi connectivity index (χ0v) is 13.0. The molecule has 0 spiro atoms. The Kier molecular flexibility index (Phi) is 4.18. The molecule has 0 fully saturated rings. The summed E-state index contributed by atoms with van der Waals surface area (Å²) in [4.78, 5) is 4.47. The molecule has 1 N–H and O–H groups in total. The Morgan fingerprint density at radius 2 is 1.90 bits per heavy atom. The normalized spacial score (nSPS) is 11.0. The molecule has 4 heteroatoms. The van der Waals surface area contributed by atoms with Gasteiger partial charge in [0.15, 0.2) is 0 Å². The molecule has 0 saturated carbocycles. The van der Waals surface area contributed by atoms with Gasteiger partial charge in [0, 0.05) is 23.9 Å². The molecule has 0 amide bonds. The van der Waals surface area contributed by atoms with Gasteiger partial charge in [-0.05, 0) is 23.9 Å². The van der Waals surface area contributed by atoms with Crippen LogP contribution in [0, 0.1) is 6.92 Å². The number of hydrogen-bond donors (Lipinski definition) is 1. The molecule has 0 saturated heterocycles. The minimum atomic E-state index is 0.796. The summed E-state index contributed by atoms with van der Waals surface area (Å²) in [7, 11) is 1.71. The van der Waals surface area contributed by atoms with Gasteiger partial charge in [-0.25, -0.2) is 4.98 Å². The molecule has 21 heavy (non-hydrogen) atoms. The average molecular weight is 298 g/mol. The van der Waals surface area contributed by atoms with Crippen molar-refractivity contribution in [3.63, 3.8) is 0 Å². The second kappa shape index (κ2) is 6.24. The quantitative estimate of drug-likeness (QED) is 0.775. The zero-order chi connectivity index (χ0) is 14.7. The highest BCUT2D eigenvalue weighted by atomic mass is 32.1. The number of nitrogens with zero attached hydrogens (tertiary/aromatic N) is 1. The fourth-order valence-corrected chi connectivity index (χ4v) is 3.09. The zero-order valence-electron chi connectivity index (χ0n) is 12.2. The number of fused-ring (bicyclic) bond motifs is 1. The van der Waals surface area contributed by atoms with Crippen LogP contribution >= 0.6 is 11.3 Å². The minimum Gasteiger partial charge on any atom is -0.496 e. The molecule has 3 nitrogen and oxygen atoms in total. The molecule has 0 radical (unpaired) electrons. The molecule has 0 atom stereocenters. The van der Waals surface area contributed by atoms with Gasteiger partial charge in [-0.2, -0.15) is 0 Å². The summed E-state index contributed by atoms with van der Waals surface area (Å²) in [5, 5.41) is 9.07. The Labute approximate surface area is 128 Å². The summed E-state index contributed by atoms with van der Waals surface area (Å²) in [6, 6.07) is 12.5. The Morgan fingerprint density at radius 3 is 2.62 bits per heavy atom. The molecule has 3 aromatic rings. The maximum Gasteiger partial charge on any atom is 0.126 e. The van der Waals surface area contributed by atoms with Crippen LogP contribution in [0.2, 0.25) is 0 Å². The molecule has 1 aromatic heterocycles. The van der Waals surface area contributed by atoms with Crippen LogP contribution in [0.15, 0.2) is 41.8 Å². The number of methoxy groups -OCH3 is 1. The molecular weight excluding hydrogens is 280 g/mol. The van der Waals surface area contributed by atoms with Crippen molar-refractivity contribution in [2.75, 3.05) is 7.11 Å². The molecule has 3 rings (SSSR count). The molecule has 0 aliphatic rings. The fraction of sp³-hybridized carbons (Fsp3) is 0.235. The van der Waals surface area contributed by atoms with Gasteiger partial charge < -0.3 is 10.1 Å². The van der Waals surface area contributed by atoms with Crippen molar-refractivity contribution >= 4 is 22.1 Å². The van der Waals surface area contributed by atoms with Crippen molar-refractivity contribution in [1.29, 1.82) is 0 Å². The van der Waals surface area contributed by atoms with Gasteiger partial charge in [0.1, 0.15) is 5.75 Å². The largest absolute Gasteiger partial charge is 0.496 e. The summed E-state index contributed by atoms with van der Waals surface area (Å²) in [6.45, 7) is 3.65. The van der Waals surface area contributed by atoms with Crippen LogP contribution in [-0.2, 0) is 13.1 Å². The summed E-state index contributed by atoms with van der Waals surface area (Å²) < 4.78 is 5.43. The van der Waals surface area contributed by atoms with Gasteiger partial charge in [0.25, 0.3) is 0 Å². The van der Waals surface area contributed by atoms with Gasteiger partial charge in [-0.3, -0.25) is 0 Å². The number of thiazole rings is 1. The third-order valence-electron chi connectivity index (χ3n) is 3.48. The summed E-state index contributed by atoms with van der Waals surface area (Å²) in [6.07, 6.45) is 0. The number of benzene rings is 2. The van der Waals surface area contributed by atoms with Crippen molar-refractivity contribution in [2.45, 2.75) is 20.0 Å². The van der Waals surface area contributed by atoms with Crippen molar-refractivity contribution < 1.29 is 4.74 Å². The highest BCUT2D eigenvalue weighted by Crippen LogP contribution is 2.28. The lowest BCUT2D eigenvalue weighted by molar-refractivity contribution is 0.419. The Morgan fingerprint density at radius 1 is 1.10 bits per heavy atom. The summed E-state index contributed by atoms with van der Waals surface area (Å²) in [5.74, 6) is 0.921. The van der Waals surface area contributed by atoms with Gasteiger partial charge in [0.2, 0.25) is 0 Å². The maximum atomic E-state index is 5.43. The summed E-state index contributed by atoms with van der Waals surface area (Å²) >= 11 is 1.69. The van der Waals surface area contributed by atoms with Crippen molar-refractivity contribution in [3.05, 3.63) is 58.0 Å². The predicted octanol–water partition coefficient (Wildman–Crippen LogP) is 3.90. The third-order valence-corrected chi connectivity index (χ3v) is 4.30. The van der Waals surface area contributed by atoms with Crippen LogP contribution in [0.1, 0.15) is 16.3 Å². The van der Waals surface area contributed by atoms with E-state index in [0.717, 1.165) is 34.9 Å². The first-order valence-corrected chi connectivity index (χ1v) is 7.82. The monoisotopic (exact) mass is 298 g/mol. The van der Waals surface area contributed by atoms with E-state index < -0.39 is 0 Å². The number of nitrogens with one attached hydrogen (secondary N) is 1. The van der Waals surface area contributed by atoms with Gasteiger partial charge in [-0.15, -0.1) is 11.3 Å². The van der Waals surface area contributed by atoms with E-state index in [0.29, 0.717) is 0 Å². The topological polar surface area (TPSA) is 34.1 Å². The Bertz CT molecular complexity index is 751. The van der Waals surface area contributed by atoms with E-state index in [1.54, 1.807) is 18.4 Å². The van der Waals surface area contributed by atoms with Gasteiger partial charge in [0.05, 0.1) is 17.8 Å². The number of hydrogen-bond acceptors (Lipinski definition) is 4. The lowest BCUT2D eigenvalue weighted by Crippen LogP contribution is -2.13. The van der Waals surface area contributed by atoms with E-state index in [-0.39, 0.29) is 0 Å². The Hall–Kier alpha value is -1.91. The molecule has 0 aliphatic heterocycles. The van der Waals surface area contributed by atoms with E-state index in [1.165, 1.54) is 10.9 Å². The first-order chi connectivity index (χ1) is 10.3. The molecule has 0 bridgehead atoms. The molecular formula is C17H18N2OS. The second-order valence-corrected chi connectivity index (χ2v) is 6.00. The highest BCUT2D eigenvalue weighted by molar-refractivity contribution is 7.09. The van der Waals surface area contributed by atoms with E-state index >= 15 is 0 Å². The third kappa shape index (κ3) is 3.06. The first-order valence-electron chi connectivity index (χ1n) is 6.94. The van der Waals surface area contributed by atoms with Crippen LogP contribution in [0.4, 0.5) is 0 Å². The van der Waals surface area contributed by atoms with Crippen molar-refractivity contribution in [3.8, 4) is 5.75 Å². The average Bonchev–Trinajstić information content (AvgIpc) is 2.93. The van der Waals surface area contributed by atoms with Crippen molar-refractivity contribution in [2.24, 2.45) is 0 Å². The van der Waals surface area contributed by atoms with Crippen LogP contribution in [0.25, 0.3) is 10.8 Å². The van der Waals surface area contributed by atoms with E-state index in [4.69, 9.17) is 4.74 Å². The maximum absolute atomic E-state index is 5.43. The Balaban J connectivity index is 1.78. The molecule has 108 valence electrons. The molecule has 2 aromatic carbocycles. The number of rotatable bonds is 5. The predicted molar refractivity (Wildman–Crippen MR) is 87.9 cm³/mol. The summed E-state index contributed by atoms with van der Waals surface area (Å²) in [5.41, 5.74) is 2.38. The van der Waals surface area contributed by atoms with Crippen LogP contribution in [-0.4, -0.2) is 12.1 Å².